The predicted octanol–water partition coefficient (Wildman–Crippen LogP) is 3.25. The maximum absolute atomic E-state index is 13.7. The van der Waals surface area contributed by atoms with E-state index in [2.05, 4.69) is 5.32 Å². The molecule has 1 aliphatic heterocycles. The van der Waals surface area contributed by atoms with E-state index in [9.17, 15) is 26.8 Å². The van der Waals surface area contributed by atoms with Crippen molar-refractivity contribution < 1.29 is 31.5 Å². The Hall–Kier alpha value is -2.85. The maximum atomic E-state index is 13.7. The molecule has 0 aromatic heterocycles. The first-order valence-electron chi connectivity index (χ1n) is 10.2. The summed E-state index contributed by atoms with van der Waals surface area (Å²) in [6, 6.07) is 9.03. The van der Waals surface area contributed by atoms with Crippen LogP contribution in [0, 0.1) is 11.6 Å². The fourth-order valence-corrected chi connectivity index (χ4v) is 4.85. The zero-order valence-electron chi connectivity index (χ0n) is 17.5. The van der Waals surface area contributed by atoms with E-state index < -0.39 is 45.3 Å². The van der Waals surface area contributed by atoms with Crippen molar-refractivity contribution in [2.45, 2.75) is 43.6 Å². The zero-order chi connectivity index (χ0) is 23.3. The summed E-state index contributed by atoms with van der Waals surface area (Å²) < 4.78 is 59.1. The van der Waals surface area contributed by atoms with E-state index in [1.807, 2.05) is 0 Å². The highest BCUT2D eigenvalue weighted by Gasteiger charge is 2.26. The van der Waals surface area contributed by atoms with Gasteiger partial charge < -0.3 is 10.1 Å². The number of hydrogen-bond donors (Lipinski definition) is 1. The number of nitrogens with one attached hydrogen (secondary N) is 1. The van der Waals surface area contributed by atoms with E-state index in [1.165, 1.54) is 35.5 Å². The molecular weight excluding hydrogens is 442 g/mol. The standard InChI is InChI=1S/C22H24F2N2O5S/c1-15(22(28)25-21-18(23)6-5-7-19(21)24)31-20(27)14-16-8-10-17(11-9-16)32(29,30)26-12-3-2-4-13-26/h5-11,15H,2-4,12-14H2,1H3,(H,25,28). The van der Waals surface area contributed by atoms with Crippen molar-refractivity contribution in [1.29, 1.82) is 0 Å². The Morgan fingerprint density at radius 1 is 1.03 bits per heavy atom. The molecule has 1 aliphatic rings. The van der Waals surface area contributed by atoms with Gasteiger partial charge in [0.05, 0.1) is 11.3 Å². The van der Waals surface area contributed by atoms with Crippen molar-refractivity contribution >= 4 is 27.6 Å². The van der Waals surface area contributed by atoms with Crippen molar-refractivity contribution in [2.24, 2.45) is 0 Å². The molecule has 0 saturated carbocycles. The molecule has 1 fully saturated rings. The van der Waals surface area contributed by atoms with Gasteiger partial charge in [0.15, 0.2) is 6.10 Å². The van der Waals surface area contributed by atoms with Gasteiger partial charge >= 0.3 is 5.97 Å². The number of benzene rings is 2. The minimum absolute atomic E-state index is 0.149. The van der Waals surface area contributed by atoms with E-state index in [1.54, 1.807) is 0 Å². The summed E-state index contributed by atoms with van der Waals surface area (Å²) in [6.07, 6.45) is 1.19. The summed E-state index contributed by atoms with van der Waals surface area (Å²) in [5, 5.41) is 2.07. The lowest BCUT2D eigenvalue weighted by Gasteiger charge is -2.25. The van der Waals surface area contributed by atoms with Crippen molar-refractivity contribution in [3.8, 4) is 0 Å². The number of anilines is 1. The van der Waals surface area contributed by atoms with E-state index in [0.29, 0.717) is 18.7 Å². The molecule has 0 aliphatic carbocycles. The molecule has 10 heteroatoms. The molecule has 2 aromatic carbocycles. The highest BCUT2D eigenvalue weighted by molar-refractivity contribution is 7.89. The number of rotatable bonds is 7. The summed E-state index contributed by atoms with van der Waals surface area (Å²) in [4.78, 5) is 24.4. The van der Waals surface area contributed by atoms with E-state index in [4.69, 9.17) is 4.74 Å². The van der Waals surface area contributed by atoms with Gasteiger partial charge in [0.25, 0.3) is 5.91 Å². The third kappa shape index (κ3) is 5.68. The van der Waals surface area contributed by atoms with Crippen LogP contribution in [0.15, 0.2) is 47.4 Å². The molecule has 1 N–H and O–H groups in total. The molecule has 172 valence electrons. The maximum Gasteiger partial charge on any atom is 0.311 e. The average molecular weight is 467 g/mol. The monoisotopic (exact) mass is 466 g/mol. The van der Waals surface area contributed by atoms with Crippen LogP contribution in [0.4, 0.5) is 14.5 Å². The Kier molecular flexibility index (Phi) is 7.57. The Morgan fingerprint density at radius 3 is 2.22 bits per heavy atom. The minimum atomic E-state index is -3.57. The summed E-state index contributed by atoms with van der Waals surface area (Å²) in [6.45, 7) is 2.26. The van der Waals surface area contributed by atoms with Gasteiger partial charge in [-0.2, -0.15) is 4.31 Å². The summed E-state index contributed by atoms with van der Waals surface area (Å²) in [5.41, 5.74) is -0.119. The lowest BCUT2D eigenvalue weighted by atomic mass is 10.1. The van der Waals surface area contributed by atoms with Crippen LogP contribution in [-0.2, 0) is 30.8 Å². The number of carbonyl (C=O) groups excluding carboxylic acids is 2. The van der Waals surface area contributed by atoms with Crippen LogP contribution < -0.4 is 5.32 Å². The Bertz CT molecular complexity index is 1060. The van der Waals surface area contributed by atoms with Gasteiger partial charge in [-0.1, -0.05) is 24.6 Å². The number of piperidine rings is 1. The van der Waals surface area contributed by atoms with Crippen molar-refractivity contribution in [2.75, 3.05) is 18.4 Å². The van der Waals surface area contributed by atoms with Gasteiger partial charge in [0.1, 0.15) is 17.3 Å². The van der Waals surface area contributed by atoms with Crippen molar-refractivity contribution in [3.63, 3.8) is 0 Å². The van der Waals surface area contributed by atoms with Gasteiger partial charge in [-0.05, 0) is 49.6 Å². The molecule has 32 heavy (non-hydrogen) atoms. The van der Waals surface area contributed by atoms with Gasteiger partial charge in [-0.15, -0.1) is 0 Å². The molecule has 0 bridgehead atoms. The Labute approximate surface area is 185 Å². The third-order valence-electron chi connectivity index (χ3n) is 5.11. The number of ether oxygens (including phenoxy) is 1. The molecule has 3 rings (SSSR count). The van der Waals surface area contributed by atoms with Crippen LogP contribution in [-0.4, -0.2) is 43.8 Å². The fraction of sp³-hybridized carbons (Fsp3) is 0.364. The molecule has 1 heterocycles. The van der Waals surface area contributed by atoms with Crippen LogP contribution in [0.25, 0.3) is 0 Å². The number of para-hydroxylation sites is 1. The Balaban J connectivity index is 1.57. The van der Waals surface area contributed by atoms with Crippen molar-refractivity contribution in [1.82, 2.24) is 4.31 Å². The van der Waals surface area contributed by atoms with E-state index in [-0.39, 0.29) is 11.3 Å². The number of carbonyl (C=O) groups is 2. The second-order valence-corrected chi connectivity index (χ2v) is 9.44. The van der Waals surface area contributed by atoms with Gasteiger partial charge in [0, 0.05) is 13.1 Å². The quantitative estimate of drug-likeness (QED) is 0.633. The molecule has 1 saturated heterocycles. The minimum Gasteiger partial charge on any atom is -0.452 e. The second kappa shape index (κ2) is 10.2. The molecular formula is C22H24F2N2O5S. The van der Waals surface area contributed by atoms with Crippen LogP contribution in [0.2, 0.25) is 0 Å². The smallest absolute Gasteiger partial charge is 0.311 e. The van der Waals surface area contributed by atoms with Crippen LogP contribution >= 0.6 is 0 Å². The summed E-state index contributed by atoms with van der Waals surface area (Å²) in [5.74, 6) is -3.52. The molecule has 0 radical (unpaired) electrons. The highest BCUT2D eigenvalue weighted by Crippen LogP contribution is 2.21. The first-order valence-corrected chi connectivity index (χ1v) is 11.7. The predicted molar refractivity (Wildman–Crippen MR) is 113 cm³/mol. The highest BCUT2D eigenvalue weighted by atomic mass is 32.2. The molecule has 0 spiro atoms. The van der Waals surface area contributed by atoms with Gasteiger partial charge in [-0.3, -0.25) is 9.59 Å². The van der Waals surface area contributed by atoms with Crippen LogP contribution in [0.1, 0.15) is 31.7 Å². The van der Waals surface area contributed by atoms with E-state index in [0.717, 1.165) is 37.5 Å². The topological polar surface area (TPSA) is 92.8 Å². The summed E-state index contributed by atoms with van der Waals surface area (Å²) in [7, 11) is -3.57. The normalized spacial score (nSPS) is 15.7. The number of amides is 1. The lowest BCUT2D eigenvalue weighted by molar-refractivity contribution is -0.152. The number of nitrogens with zero attached hydrogens (tertiary/aromatic N) is 1. The van der Waals surface area contributed by atoms with Gasteiger partial charge in [0.2, 0.25) is 10.0 Å². The van der Waals surface area contributed by atoms with Gasteiger partial charge in [-0.25, -0.2) is 17.2 Å². The first kappa shape index (κ1) is 23.8. The number of halogens is 2. The molecule has 1 atom stereocenters. The third-order valence-corrected chi connectivity index (χ3v) is 7.03. The lowest BCUT2D eigenvalue weighted by Crippen LogP contribution is -2.35. The van der Waals surface area contributed by atoms with E-state index >= 15 is 0 Å². The number of hydrogen-bond acceptors (Lipinski definition) is 5. The fourth-order valence-electron chi connectivity index (χ4n) is 3.33. The molecule has 7 nitrogen and oxygen atoms in total. The van der Waals surface area contributed by atoms with Crippen molar-refractivity contribution in [3.05, 3.63) is 59.7 Å². The SMILES string of the molecule is CC(OC(=O)Cc1ccc(S(=O)(=O)N2CCCCC2)cc1)C(=O)Nc1c(F)cccc1F. The molecule has 1 unspecified atom stereocenters. The Morgan fingerprint density at radius 2 is 1.62 bits per heavy atom. The molecule has 2 aromatic rings. The zero-order valence-corrected chi connectivity index (χ0v) is 18.3. The van der Waals surface area contributed by atoms with Crippen LogP contribution in [0.3, 0.4) is 0 Å². The largest absolute Gasteiger partial charge is 0.452 e. The second-order valence-electron chi connectivity index (χ2n) is 7.50. The number of sulfonamides is 1. The number of esters is 1. The molecule has 1 amide bonds. The average Bonchev–Trinajstić information content (AvgIpc) is 2.77. The van der Waals surface area contributed by atoms with Crippen LogP contribution in [0.5, 0.6) is 0 Å². The summed E-state index contributed by atoms with van der Waals surface area (Å²) >= 11 is 0. The first-order chi connectivity index (χ1) is 15.2.